The highest BCUT2D eigenvalue weighted by Gasteiger charge is 2.06. The lowest BCUT2D eigenvalue weighted by atomic mass is 10.2. The normalized spacial score (nSPS) is 10.4. The van der Waals surface area contributed by atoms with Crippen molar-refractivity contribution < 1.29 is 19.1 Å². The van der Waals surface area contributed by atoms with Crippen molar-refractivity contribution >= 4 is 29.6 Å². The van der Waals surface area contributed by atoms with Crippen LogP contribution in [-0.2, 0) is 9.59 Å². The highest BCUT2D eigenvalue weighted by molar-refractivity contribution is 6.30. The molecule has 0 saturated carbocycles. The molecule has 0 bridgehead atoms. The van der Waals surface area contributed by atoms with Crippen molar-refractivity contribution in [3.63, 3.8) is 0 Å². The zero-order valence-electron chi connectivity index (χ0n) is 14.8. The summed E-state index contributed by atoms with van der Waals surface area (Å²) in [6, 6.07) is 13.9. The third kappa shape index (κ3) is 7.37. The minimum Gasteiger partial charge on any atom is -0.493 e. The van der Waals surface area contributed by atoms with E-state index in [1.54, 1.807) is 24.3 Å². The Morgan fingerprint density at radius 2 is 1.81 bits per heavy atom. The van der Waals surface area contributed by atoms with Crippen LogP contribution in [0.3, 0.4) is 0 Å². The van der Waals surface area contributed by atoms with Gasteiger partial charge in [-0.15, -0.1) is 0 Å². The number of para-hydroxylation sites is 1. The minimum atomic E-state index is -0.458. The predicted octanol–water partition coefficient (Wildman–Crippen LogP) is 2.38. The molecule has 2 aromatic carbocycles. The van der Waals surface area contributed by atoms with Gasteiger partial charge >= 0.3 is 0 Å². The van der Waals surface area contributed by atoms with E-state index < -0.39 is 11.8 Å². The van der Waals surface area contributed by atoms with E-state index in [4.69, 9.17) is 21.1 Å². The van der Waals surface area contributed by atoms with Crippen LogP contribution in [0.15, 0.2) is 53.6 Å². The van der Waals surface area contributed by atoms with Crippen molar-refractivity contribution in [2.75, 3.05) is 19.8 Å². The Morgan fingerprint density at radius 3 is 2.56 bits per heavy atom. The van der Waals surface area contributed by atoms with Crippen molar-refractivity contribution in [2.24, 2.45) is 5.10 Å². The molecule has 0 heterocycles. The number of nitrogens with zero attached hydrogens (tertiary/aromatic N) is 1. The first-order valence-corrected chi connectivity index (χ1v) is 8.65. The summed E-state index contributed by atoms with van der Waals surface area (Å²) in [6.07, 6.45) is 1.48. The number of amides is 2. The van der Waals surface area contributed by atoms with Crippen LogP contribution in [0.25, 0.3) is 0 Å². The number of benzene rings is 2. The molecule has 0 aliphatic rings. The van der Waals surface area contributed by atoms with Gasteiger partial charge in [-0.1, -0.05) is 23.7 Å². The molecule has 27 heavy (non-hydrogen) atoms. The number of hydrogen-bond donors (Lipinski definition) is 2. The van der Waals surface area contributed by atoms with Gasteiger partial charge in [-0.25, -0.2) is 5.43 Å². The standard InChI is InChI=1S/C19H20ClN3O4/c1-2-26-17-6-4-3-5-14(17)11-22-23-18(24)12-21-19(25)13-27-16-9-7-15(20)8-10-16/h3-11H,2,12-13H2,1H3,(H,21,25)(H,23,24)/b22-11+. The van der Waals surface area contributed by atoms with E-state index in [2.05, 4.69) is 15.8 Å². The van der Waals surface area contributed by atoms with Gasteiger partial charge in [-0.05, 0) is 43.3 Å². The summed E-state index contributed by atoms with van der Waals surface area (Å²) in [5, 5.41) is 6.89. The molecule has 0 fully saturated rings. The van der Waals surface area contributed by atoms with Crippen molar-refractivity contribution in [3.8, 4) is 11.5 Å². The fourth-order valence-corrected chi connectivity index (χ4v) is 2.12. The van der Waals surface area contributed by atoms with Crippen LogP contribution in [0, 0.1) is 0 Å². The van der Waals surface area contributed by atoms with Gasteiger partial charge in [-0.3, -0.25) is 9.59 Å². The maximum Gasteiger partial charge on any atom is 0.259 e. The highest BCUT2D eigenvalue weighted by atomic mass is 35.5. The van der Waals surface area contributed by atoms with E-state index in [-0.39, 0.29) is 13.2 Å². The van der Waals surface area contributed by atoms with Crippen LogP contribution in [-0.4, -0.2) is 37.8 Å². The summed E-state index contributed by atoms with van der Waals surface area (Å²) in [7, 11) is 0. The van der Waals surface area contributed by atoms with Crippen molar-refractivity contribution in [2.45, 2.75) is 6.92 Å². The third-order valence-electron chi connectivity index (χ3n) is 3.24. The molecular formula is C19H20ClN3O4. The molecule has 2 rings (SSSR count). The Labute approximate surface area is 162 Å². The number of hydrogen-bond acceptors (Lipinski definition) is 5. The lowest BCUT2D eigenvalue weighted by Crippen LogP contribution is -2.37. The topological polar surface area (TPSA) is 89.0 Å². The highest BCUT2D eigenvalue weighted by Crippen LogP contribution is 2.16. The lowest BCUT2D eigenvalue weighted by molar-refractivity contribution is -0.127. The Kier molecular flexibility index (Phi) is 8.12. The molecule has 2 aromatic rings. The first-order chi connectivity index (χ1) is 13.1. The van der Waals surface area contributed by atoms with Crippen LogP contribution in [0.4, 0.5) is 0 Å². The summed E-state index contributed by atoms with van der Waals surface area (Å²) >= 11 is 5.77. The summed E-state index contributed by atoms with van der Waals surface area (Å²) in [6.45, 7) is 1.99. The molecule has 0 radical (unpaired) electrons. The summed E-state index contributed by atoms with van der Waals surface area (Å²) in [5.41, 5.74) is 3.08. The van der Waals surface area contributed by atoms with Gasteiger partial charge in [-0.2, -0.15) is 5.10 Å². The van der Waals surface area contributed by atoms with Gasteiger partial charge in [0.1, 0.15) is 11.5 Å². The predicted molar refractivity (Wildman–Crippen MR) is 103 cm³/mol. The molecule has 2 N–H and O–H groups in total. The quantitative estimate of drug-likeness (QED) is 0.509. The number of halogens is 1. The zero-order chi connectivity index (χ0) is 19.5. The second-order valence-corrected chi connectivity index (χ2v) is 5.72. The molecular weight excluding hydrogens is 370 g/mol. The van der Waals surface area contributed by atoms with Crippen molar-refractivity contribution in [3.05, 3.63) is 59.1 Å². The molecule has 8 heteroatoms. The second-order valence-electron chi connectivity index (χ2n) is 5.28. The monoisotopic (exact) mass is 389 g/mol. The molecule has 0 aliphatic heterocycles. The van der Waals surface area contributed by atoms with Crippen LogP contribution in [0.5, 0.6) is 11.5 Å². The van der Waals surface area contributed by atoms with Crippen molar-refractivity contribution in [1.82, 2.24) is 10.7 Å². The number of carbonyl (C=O) groups is 2. The SMILES string of the molecule is CCOc1ccccc1/C=N/NC(=O)CNC(=O)COc1ccc(Cl)cc1. The Bertz CT molecular complexity index is 794. The van der Waals surface area contributed by atoms with E-state index in [0.717, 1.165) is 5.56 Å². The maximum atomic E-state index is 11.7. The first kappa shape index (κ1) is 20.3. The summed E-state index contributed by atoms with van der Waals surface area (Å²) in [5.74, 6) is 0.299. The van der Waals surface area contributed by atoms with E-state index >= 15 is 0 Å². The average Bonchev–Trinajstić information content (AvgIpc) is 2.67. The number of carbonyl (C=O) groups excluding carboxylic acids is 2. The third-order valence-corrected chi connectivity index (χ3v) is 3.49. The summed E-state index contributed by atoms with van der Waals surface area (Å²) in [4.78, 5) is 23.4. The van der Waals surface area contributed by atoms with Gasteiger partial charge in [0.05, 0.1) is 19.4 Å². The van der Waals surface area contributed by atoms with Crippen LogP contribution in [0.1, 0.15) is 12.5 Å². The Balaban J connectivity index is 1.71. The number of nitrogens with one attached hydrogen (secondary N) is 2. The van der Waals surface area contributed by atoms with Gasteiger partial charge < -0.3 is 14.8 Å². The molecule has 0 aliphatic carbocycles. The maximum absolute atomic E-state index is 11.7. The van der Waals surface area contributed by atoms with Gasteiger partial charge in [0, 0.05) is 10.6 Å². The average molecular weight is 390 g/mol. The lowest BCUT2D eigenvalue weighted by Gasteiger charge is -2.07. The van der Waals surface area contributed by atoms with Gasteiger partial charge in [0.15, 0.2) is 6.61 Å². The Morgan fingerprint density at radius 1 is 1.07 bits per heavy atom. The summed E-state index contributed by atoms with van der Waals surface area (Å²) < 4.78 is 10.7. The molecule has 0 saturated heterocycles. The molecule has 0 aromatic heterocycles. The number of rotatable bonds is 9. The van der Waals surface area contributed by atoms with E-state index in [9.17, 15) is 9.59 Å². The zero-order valence-corrected chi connectivity index (χ0v) is 15.5. The smallest absolute Gasteiger partial charge is 0.259 e. The van der Waals surface area contributed by atoms with Crippen LogP contribution < -0.4 is 20.2 Å². The molecule has 0 atom stereocenters. The number of ether oxygens (including phenoxy) is 2. The van der Waals surface area contributed by atoms with E-state index in [0.29, 0.717) is 23.1 Å². The fraction of sp³-hybridized carbons (Fsp3) is 0.211. The first-order valence-electron chi connectivity index (χ1n) is 8.27. The molecule has 2 amide bonds. The van der Waals surface area contributed by atoms with E-state index in [1.165, 1.54) is 6.21 Å². The Hall–Kier alpha value is -3.06. The second kappa shape index (κ2) is 10.8. The van der Waals surface area contributed by atoms with E-state index in [1.807, 2.05) is 31.2 Å². The van der Waals surface area contributed by atoms with Crippen LogP contribution >= 0.6 is 11.6 Å². The van der Waals surface area contributed by atoms with Gasteiger partial charge in [0.2, 0.25) is 0 Å². The van der Waals surface area contributed by atoms with Crippen molar-refractivity contribution in [1.29, 1.82) is 0 Å². The fourth-order valence-electron chi connectivity index (χ4n) is 2.00. The molecule has 0 spiro atoms. The largest absolute Gasteiger partial charge is 0.493 e. The minimum absolute atomic E-state index is 0.208. The number of hydrazone groups is 1. The van der Waals surface area contributed by atoms with Crippen LogP contribution in [0.2, 0.25) is 5.02 Å². The molecule has 142 valence electrons. The molecule has 7 nitrogen and oxygen atoms in total. The van der Waals surface area contributed by atoms with Gasteiger partial charge in [0.25, 0.3) is 11.8 Å². The molecule has 0 unspecified atom stereocenters.